The quantitative estimate of drug-likeness (QED) is 0.917. The van der Waals surface area contributed by atoms with E-state index in [1.54, 1.807) is 10.7 Å². The molecule has 1 N–H and O–H groups in total. The van der Waals surface area contributed by atoms with Crippen LogP contribution in [0.5, 0.6) is 0 Å². The highest BCUT2D eigenvalue weighted by molar-refractivity contribution is 6.30. The lowest BCUT2D eigenvalue weighted by Crippen LogP contribution is -2.21. The molecule has 0 aliphatic carbocycles. The van der Waals surface area contributed by atoms with Crippen LogP contribution >= 0.6 is 11.6 Å². The van der Waals surface area contributed by atoms with Crippen LogP contribution in [0.1, 0.15) is 19.7 Å². The van der Waals surface area contributed by atoms with E-state index < -0.39 is 5.82 Å². The molecule has 19 heavy (non-hydrogen) atoms. The zero-order valence-electron chi connectivity index (χ0n) is 10.9. The molecule has 0 spiro atoms. The summed E-state index contributed by atoms with van der Waals surface area (Å²) in [5, 5.41) is 7.49. The summed E-state index contributed by atoms with van der Waals surface area (Å²) in [5.41, 5.74) is 0.612. The zero-order chi connectivity index (χ0) is 13.8. The van der Waals surface area contributed by atoms with Crippen LogP contribution in [0, 0.1) is 11.7 Å². The second-order valence-electron chi connectivity index (χ2n) is 4.71. The van der Waals surface area contributed by atoms with Gasteiger partial charge in [0.2, 0.25) is 0 Å². The van der Waals surface area contributed by atoms with E-state index in [0.29, 0.717) is 18.2 Å². The molecule has 1 aromatic carbocycles. The molecule has 2 rings (SSSR count). The molecule has 0 atom stereocenters. The van der Waals surface area contributed by atoms with Crippen LogP contribution in [0.4, 0.5) is 4.39 Å². The second kappa shape index (κ2) is 6.12. The number of nitrogens with one attached hydrogen (secondary N) is 1. The highest BCUT2D eigenvalue weighted by Gasteiger charge is 2.09. The molecule has 0 saturated carbocycles. The number of halogens is 2. The summed E-state index contributed by atoms with van der Waals surface area (Å²) in [6.45, 7) is 5.74. The first-order valence-electron chi connectivity index (χ1n) is 6.13. The Morgan fingerprint density at radius 2 is 2.21 bits per heavy atom. The van der Waals surface area contributed by atoms with Gasteiger partial charge in [0.15, 0.2) is 0 Å². The van der Waals surface area contributed by atoms with Crippen LogP contribution in [0.15, 0.2) is 24.5 Å². The molecule has 0 radical (unpaired) electrons. The Morgan fingerprint density at radius 1 is 1.42 bits per heavy atom. The van der Waals surface area contributed by atoms with E-state index in [4.69, 9.17) is 11.6 Å². The third kappa shape index (κ3) is 3.52. The predicted molar refractivity (Wildman–Crippen MR) is 72.9 cm³/mol. The van der Waals surface area contributed by atoms with Gasteiger partial charge in [0.25, 0.3) is 0 Å². The minimum absolute atomic E-state index is 0.100. The molecule has 0 aliphatic rings. The van der Waals surface area contributed by atoms with Gasteiger partial charge in [-0.3, -0.25) is 0 Å². The van der Waals surface area contributed by atoms with Gasteiger partial charge in [-0.25, -0.2) is 14.1 Å². The summed E-state index contributed by atoms with van der Waals surface area (Å²) in [5.74, 6) is 0.836. The average Bonchev–Trinajstić information content (AvgIpc) is 2.80. The lowest BCUT2D eigenvalue weighted by atomic mass is 10.2. The number of hydrogen-bond acceptors (Lipinski definition) is 3. The number of hydrogen-bond donors (Lipinski definition) is 1. The molecule has 0 bridgehead atoms. The van der Waals surface area contributed by atoms with Crippen LogP contribution in [0.2, 0.25) is 5.02 Å². The van der Waals surface area contributed by atoms with Gasteiger partial charge in [-0.2, -0.15) is 5.10 Å². The van der Waals surface area contributed by atoms with Crippen molar-refractivity contribution in [2.45, 2.75) is 20.4 Å². The fourth-order valence-corrected chi connectivity index (χ4v) is 1.81. The van der Waals surface area contributed by atoms with Crippen LogP contribution in [0.25, 0.3) is 5.69 Å². The highest BCUT2D eigenvalue weighted by Crippen LogP contribution is 2.18. The lowest BCUT2D eigenvalue weighted by molar-refractivity contribution is 0.537. The summed E-state index contributed by atoms with van der Waals surface area (Å²) in [6.07, 6.45) is 1.46. The molecule has 6 heteroatoms. The van der Waals surface area contributed by atoms with Gasteiger partial charge in [0, 0.05) is 6.07 Å². The van der Waals surface area contributed by atoms with Crippen molar-refractivity contribution in [2.75, 3.05) is 6.54 Å². The fourth-order valence-electron chi connectivity index (χ4n) is 1.69. The molecule has 4 nitrogen and oxygen atoms in total. The summed E-state index contributed by atoms with van der Waals surface area (Å²) in [4.78, 5) is 4.18. The SMILES string of the molecule is CC(C)CNCc1ncnn1-c1ccc(Cl)c(F)c1. The molecule has 102 valence electrons. The van der Waals surface area contributed by atoms with Gasteiger partial charge in [-0.15, -0.1) is 0 Å². The largest absolute Gasteiger partial charge is 0.310 e. The molecular formula is C13H16ClFN4. The van der Waals surface area contributed by atoms with Crippen molar-refractivity contribution in [2.24, 2.45) is 5.92 Å². The molecule has 0 aliphatic heterocycles. The Kier molecular flexibility index (Phi) is 4.50. The van der Waals surface area contributed by atoms with Crippen LogP contribution in [-0.2, 0) is 6.54 Å². The minimum Gasteiger partial charge on any atom is -0.310 e. The topological polar surface area (TPSA) is 42.7 Å². The summed E-state index contributed by atoms with van der Waals surface area (Å²) < 4.78 is 15.1. The highest BCUT2D eigenvalue weighted by atomic mass is 35.5. The summed E-state index contributed by atoms with van der Waals surface area (Å²) in [7, 11) is 0. The number of nitrogens with zero attached hydrogens (tertiary/aromatic N) is 3. The molecule has 2 aromatic rings. The molecular weight excluding hydrogens is 267 g/mol. The van der Waals surface area contributed by atoms with Gasteiger partial charge in [0.1, 0.15) is 18.0 Å². The van der Waals surface area contributed by atoms with Gasteiger partial charge >= 0.3 is 0 Å². The van der Waals surface area contributed by atoms with Gasteiger partial charge in [-0.1, -0.05) is 25.4 Å². The minimum atomic E-state index is -0.462. The molecule has 1 aromatic heterocycles. The summed E-state index contributed by atoms with van der Waals surface area (Å²) >= 11 is 5.67. The lowest BCUT2D eigenvalue weighted by Gasteiger charge is -2.09. The third-order valence-corrected chi connectivity index (χ3v) is 2.91. The molecule has 0 amide bonds. The van der Waals surface area contributed by atoms with Crippen molar-refractivity contribution >= 4 is 11.6 Å². The molecule has 0 saturated heterocycles. The zero-order valence-corrected chi connectivity index (χ0v) is 11.7. The number of rotatable bonds is 5. The average molecular weight is 283 g/mol. The number of aromatic nitrogens is 3. The van der Waals surface area contributed by atoms with E-state index in [9.17, 15) is 4.39 Å². The first kappa shape index (κ1) is 14.0. The van der Waals surface area contributed by atoms with Gasteiger partial charge < -0.3 is 5.32 Å². The maximum Gasteiger partial charge on any atom is 0.146 e. The normalized spacial score (nSPS) is 11.2. The Bertz CT molecular complexity index is 553. The molecule has 0 unspecified atom stereocenters. The smallest absolute Gasteiger partial charge is 0.146 e. The Labute approximate surface area is 116 Å². The van der Waals surface area contributed by atoms with Crippen molar-refractivity contribution in [3.05, 3.63) is 41.2 Å². The number of benzene rings is 1. The first-order valence-corrected chi connectivity index (χ1v) is 6.50. The fraction of sp³-hybridized carbons (Fsp3) is 0.385. The second-order valence-corrected chi connectivity index (χ2v) is 5.12. The molecule has 1 heterocycles. The standard InChI is InChI=1S/C13H16ClFN4/c1-9(2)6-16-7-13-17-8-18-19(13)10-3-4-11(14)12(15)5-10/h3-5,8-9,16H,6-7H2,1-2H3. The van der Waals surface area contributed by atoms with Crippen molar-refractivity contribution in [1.82, 2.24) is 20.1 Å². The predicted octanol–water partition coefficient (Wildman–Crippen LogP) is 2.81. The maximum atomic E-state index is 13.5. The van der Waals surface area contributed by atoms with Crippen LogP contribution < -0.4 is 5.32 Å². The Morgan fingerprint density at radius 3 is 2.89 bits per heavy atom. The van der Waals surface area contributed by atoms with Crippen molar-refractivity contribution in [3.8, 4) is 5.69 Å². The van der Waals surface area contributed by atoms with Crippen molar-refractivity contribution in [1.29, 1.82) is 0 Å². The van der Waals surface area contributed by atoms with E-state index in [2.05, 4.69) is 29.2 Å². The summed E-state index contributed by atoms with van der Waals surface area (Å²) in [6, 6.07) is 4.58. The molecule has 0 fully saturated rings. The Balaban J connectivity index is 2.16. The van der Waals surface area contributed by atoms with Crippen LogP contribution in [-0.4, -0.2) is 21.3 Å². The third-order valence-electron chi connectivity index (χ3n) is 2.60. The van der Waals surface area contributed by atoms with E-state index in [-0.39, 0.29) is 5.02 Å². The van der Waals surface area contributed by atoms with E-state index in [0.717, 1.165) is 12.4 Å². The Hall–Kier alpha value is -1.46. The maximum absolute atomic E-state index is 13.5. The van der Waals surface area contributed by atoms with E-state index in [1.165, 1.54) is 18.5 Å². The van der Waals surface area contributed by atoms with Crippen molar-refractivity contribution in [3.63, 3.8) is 0 Å². The van der Waals surface area contributed by atoms with E-state index >= 15 is 0 Å². The van der Waals surface area contributed by atoms with Gasteiger partial charge in [0.05, 0.1) is 17.3 Å². The van der Waals surface area contributed by atoms with Crippen molar-refractivity contribution < 1.29 is 4.39 Å². The monoisotopic (exact) mass is 282 g/mol. The van der Waals surface area contributed by atoms with E-state index in [1.807, 2.05) is 0 Å². The van der Waals surface area contributed by atoms with Crippen LogP contribution in [0.3, 0.4) is 0 Å². The van der Waals surface area contributed by atoms with Gasteiger partial charge in [-0.05, 0) is 24.6 Å². The first-order chi connectivity index (χ1) is 9.08.